The fraction of sp³-hybridized carbons (Fsp3) is 0.273. The van der Waals surface area contributed by atoms with Gasteiger partial charge in [0.1, 0.15) is 5.69 Å². The third kappa shape index (κ3) is 2.99. The molecule has 0 radical (unpaired) electrons. The first-order chi connectivity index (χ1) is 8.27. The number of esters is 1. The van der Waals surface area contributed by atoms with E-state index in [1.54, 1.807) is 0 Å². The number of carbonyl (C=O) groups excluding carboxylic acids is 1. The van der Waals surface area contributed by atoms with E-state index in [0.29, 0.717) is 0 Å². The number of carbonyl (C=O) groups is 1. The van der Waals surface area contributed by atoms with Crippen LogP contribution in [0.4, 0.5) is 13.2 Å². The quantitative estimate of drug-likeness (QED) is 0.505. The number of rotatable bonds is 2. The van der Waals surface area contributed by atoms with E-state index in [2.05, 4.69) is 9.72 Å². The average Bonchev–Trinajstić information content (AvgIpc) is 2.35. The molecular formula is C11H10F3NO3. The summed E-state index contributed by atoms with van der Waals surface area (Å²) >= 11 is 0. The van der Waals surface area contributed by atoms with Gasteiger partial charge in [0, 0.05) is 5.57 Å². The van der Waals surface area contributed by atoms with E-state index in [0.717, 1.165) is 19.2 Å². The summed E-state index contributed by atoms with van der Waals surface area (Å²) in [7, 11) is 1.05. The summed E-state index contributed by atoms with van der Waals surface area (Å²) < 4.78 is 41.5. The zero-order valence-corrected chi connectivity index (χ0v) is 9.58. The summed E-state index contributed by atoms with van der Waals surface area (Å²) in [6.45, 7) is 1.27. The van der Waals surface area contributed by atoms with Crippen LogP contribution in [0, 0.1) is 0 Å². The van der Waals surface area contributed by atoms with Crippen molar-refractivity contribution >= 4 is 11.5 Å². The van der Waals surface area contributed by atoms with Gasteiger partial charge < -0.3 is 9.84 Å². The van der Waals surface area contributed by atoms with Gasteiger partial charge in [0.15, 0.2) is 0 Å². The van der Waals surface area contributed by atoms with Gasteiger partial charge in [-0.05, 0) is 19.1 Å². The molecule has 0 unspecified atom stereocenters. The van der Waals surface area contributed by atoms with Crippen LogP contribution >= 0.6 is 0 Å². The van der Waals surface area contributed by atoms with Crippen LogP contribution in [0.3, 0.4) is 0 Å². The molecule has 0 saturated carbocycles. The fourth-order valence-corrected chi connectivity index (χ4v) is 1.17. The highest BCUT2D eigenvalue weighted by Crippen LogP contribution is 2.28. The number of aliphatic hydroxyl groups excluding tert-OH is 1. The van der Waals surface area contributed by atoms with Gasteiger partial charge in [0.2, 0.25) is 5.76 Å². The molecule has 4 nitrogen and oxygen atoms in total. The highest BCUT2D eigenvalue weighted by molar-refractivity contribution is 5.94. The second-order valence-corrected chi connectivity index (χ2v) is 3.37. The third-order valence-electron chi connectivity index (χ3n) is 2.16. The topological polar surface area (TPSA) is 59.4 Å². The number of pyridine rings is 1. The Balaban J connectivity index is 3.23. The molecule has 1 aromatic heterocycles. The molecule has 1 aromatic rings. The number of methoxy groups -OCH3 is 1. The highest BCUT2D eigenvalue weighted by Gasteiger charge is 2.32. The van der Waals surface area contributed by atoms with E-state index in [1.807, 2.05) is 0 Å². The van der Waals surface area contributed by atoms with Crippen molar-refractivity contribution in [3.63, 3.8) is 0 Å². The van der Waals surface area contributed by atoms with Crippen molar-refractivity contribution in [3.8, 4) is 0 Å². The van der Waals surface area contributed by atoms with Crippen LogP contribution in [0.1, 0.15) is 18.3 Å². The van der Waals surface area contributed by atoms with Crippen LogP contribution in [-0.4, -0.2) is 23.2 Å². The van der Waals surface area contributed by atoms with Crippen molar-refractivity contribution in [2.75, 3.05) is 7.11 Å². The molecule has 0 spiro atoms. The summed E-state index contributed by atoms with van der Waals surface area (Å²) in [6.07, 6.45) is -4.59. The van der Waals surface area contributed by atoms with Crippen molar-refractivity contribution < 1.29 is 27.8 Å². The van der Waals surface area contributed by atoms with Crippen molar-refractivity contribution in [1.82, 2.24) is 4.98 Å². The molecule has 0 saturated heterocycles. The minimum atomic E-state index is -4.59. The number of aliphatic hydroxyl groups is 1. The molecule has 98 valence electrons. The van der Waals surface area contributed by atoms with E-state index < -0.39 is 23.6 Å². The number of ether oxygens (including phenoxy) is 1. The number of hydrogen-bond donors (Lipinski definition) is 1. The molecule has 0 aromatic carbocycles. The summed E-state index contributed by atoms with van der Waals surface area (Å²) in [4.78, 5) is 14.4. The predicted octanol–water partition coefficient (Wildman–Crippen LogP) is 2.56. The smallest absolute Gasteiger partial charge is 0.433 e. The molecule has 1 heterocycles. The second-order valence-electron chi connectivity index (χ2n) is 3.37. The maximum atomic E-state index is 12.4. The Hall–Kier alpha value is -2.05. The largest absolute Gasteiger partial charge is 0.502 e. The second kappa shape index (κ2) is 5.07. The number of aromatic nitrogens is 1. The predicted molar refractivity (Wildman–Crippen MR) is 56.5 cm³/mol. The maximum Gasteiger partial charge on any atom is 0.433 e. The number of hydrogen-bond acceptors (Lipinski definition) is 4. The molecule has 7 heteroatoms. The minimum Gasteiger partial charge on any atom is -0.502 e. The molecule has 0 fully saturated rings. The van der Waals surface area contributed by atoms with Crippen LogP contribution in [0.15, 0.2) is 24.0 Å². The van der Waals surface area contributed by atoms with Gasteiger partial charge in [0.25, 0.3) is 0 Å². The Morgan fingerprint density at radius 2 is 2.00 bits per heavy atom. The molecule has 0 amide bonds. The summed E-state index contributed by atoms with van der Waals surface area (Å²) in [6, 6.07) is 3.19. The maximum absolute atomic E-state index is 12.4. The lowest BCUT2D eigenvalue weighted by atomic mass is 10.1. The normalized spacial score (nSPS) is 12.9. The van der Waals surface area contributed by atoms with Crippen molar-refractivity contribution in [2.24, 2.45) is 0 Å². The first-order valence-electron chi connectivity index (χ1n) is 4.80. The zero-order chi connectivity index (χ0) is 13.9. The van der Waals surface area contributed by atoms with E-state index in [4.69, 9.17) is 0 Å². The van der Waals surface area contributed by atoms with Crippen LogP contribution in [0.25, 0.3) is 5.57 Å². The summed E-state index contributed by atoms with van der Waals surface area (Å²) in [5, 5.41) is 9.42. The molecular weight excluding hydrogens is 251 g/mol. The molecule has 0 aliphatic rings. The highest BCUT2D eigenvalue weighted by atomic mass is 19.4. The fourth-order valence-electron chi connectivity index (χ4n) is 1.17. The monoisotopic (exact) mass is 261 g/mol. The van der Waals surface area contributed by atoms with E-state index in [-0.39, 0.29) is 11.3 Å². The number of halogens is 3. The van der Waals surface area contributed by atoms with E-state index in [9.17, 15) is 23.1 Å². The lowest BCUT2D eigenvalue weighted by Crippen LogP contribution is -2.10. The van der Waals surface area contributed by atoms with Crippen LogP contribution in [0.5, 0.6) is 0 Å². The lowest BCUT2D eigenvalue weighted by Gasteiger charge is -2.08. The first-order valence-corrected chi connectivity index (χ1v) is 4.80. The van der Waals surface area contributed by atoms with Gasteiger partial charge in [-0.2, -0.15) is 13.2 Å². The van der Waals surface area contributed by atoms with Crippen LogP contribution in [-0.2, 0) is 15.7 Å². The van der Waals surface area contributed by atoms with Crippen LogP contribution in [0.2, 0.25) is 0 Å². The van der Waals surface area contributed by atoms with E-state index >= 15 is 0 Å². The Labute approximate surface area is 101 Å². The molecule has 1 rings (SSSR count). The van der Waals surface area contributed by atoms with Crippen molar-refractivity contribution in [1.29, 1.82) is 0 Å². The third-order valence-corrected chi connectivity index (χ3v) is 2.16. The van der Waals surface area contributed by atoms with E-state index in [1.165, 1.54) is 13.0 Å². The number of nitrogens with zero attached hydrogens (tertiary/aromatic N) is 1. The Morgan fingerprint density at radius 3 is 2.50 bits per heavy atom. The van der Waals surface area contributed by atoms with Gasteiger partial charge >= 0.3 is 12.1 Å². The molecule has 0 bridgehead atoms. The summed E-state index contributed by atoms with van der Waals surface area (Å²) in [5.41, 5.74) is -1.34. The van der Waals surface area contributed by atoms with Gasteiger partial charge in [0.05, 0.1) is 12.8 Å². The number of allylic oxidation sites excluding steroid dienone is 1. The standard InChI is InChI=1S/C11H10F3NO3/c1-6(9(16)10(17)18-2)7-4-3-5-8(15-7)11(12,13)14/h3-5,16H,1-2H3. The number of alkyl halides is 3. The van der Waals surface area contributed by atoms with Gasteiger partial charge in [-0.15, -0.1) is 0 Å². The van der Waals surface area contributed by atoms with Gasteiger partial charge in [-0.1, -0.05) is 6.07 Å². The minimum absolute atomic E-state index is 0.0899. The van der Waals surface area contributed by atoms with Gasteiger partial charge in [-0.3, -0.25) is 0 Å². The first kappa shape index (κ1) is 14.0. The molecule has 1 N–H and O–H groups in total. The average molecular weight is 261 g/mol. The SMILES string of the molecule is COC(=O)C(O)=C(C)c1cccc(C(F)(F)F)n1. The molecule has 0 aliphatic heterocycles. The van der Waals surface area contributed by atoms with Crippen molar-refractivity contribution in [2.45, 2.75) is 13.1 Å². The Morgan fingerprint density at radius 1 is 1.39 bits per heavy atom. The molecule has 0 atom stereocenters. The lowest BCUT2D eigenvalue weighted by molar-refractivity contribution is -0.141. The van der Waals surface area contributed by atoms with Gasteiger partial charge in [-0.25, -0.2) is 9.78 Å². The molecule has 18 heavy (non-hydrogen) atoms. The summed E-state index contributed by atoms with van der Waals surface area (Å²) in [5.74, 6) is -1.81. The Bertz CT molecular complexity index is 495. The van der Waals surface area contributed by atoms with Crippen LogP contribution < -0.4 is 0 Å². The molecule has 0 aliphatic carbocycles. The zero-order valence-electron chi connectivity index (χ0n) is 9.58. The Kier molecular flexibility index (Phi) is 3.95. The van der Waals surface area contributed by atoms with Crippen molar-refractivity contribution in [3.05, 3.63) is 35.3 Å².